The molecule has 27 heavy (non-hydrogen) atoms. The third-order valence-corrected chi connectivity index (χ3v) is 4.63. The molecule has 0 amide bonds. The van der Waals surface area contributed by atoms with Crippen molar-refractivity contribution < 1.29 is 5.11 Å². The molecule has 0 spiro atoms. The van der Waals surface area contributed by atoms with Gasteiger partial charge in [0, 0.05) is 61.1 Å². The standard InChI is InChI=1S/C20H24N6O/c1-24-11-15(10-21)13-2-3-18(22)17(8-13)20(23)14-4-6-25-19(9-14)26-7-5-16(27)12-26/h2-4,6,8-11,16,23,27H,5,7,12,21-22H2,1H3/t16-/m1/s1. The first kappa shape index (κ1) is 18.6. The van der Waals surface area contributed by atoms with E-state index in [-0.39, 0.29) is 6.10 Å². The zero-order chi connectivity index (χ0) is 19.4. The van der Waals surface area contributed by atoms with Crippen LogP contribution in [0.25, 0.3) is 5.57 Å². The van der Waals surface area contributed by atoms with Crippen molar-refractivity contribution in [3.05, 3.63) is 59.4 Å². The van der Waals surface area contributed by atoms with E-state index in [2.05, 4.69) is 9.98 Å². The lowest BCUT2D eigenvalue weighted by molar-refractivity contribution is 0.198. The number of nitrogens with two attached hydrogens (primary N) is 2. The van der Waals surface area contributed by atoms with Crippen molar-refractivity contribution in [2.24, 2.45) is 10.7 Å². The highest BCUT2D eigenvalue weighted by Crippen LogP contribution is 2.24. The van der Waals surface area contributed by atoms with Gasteiger partial charge in [-0.3, -0.25) is 10.4 Å². The van der Waals surface area contributed by atoms with Gasteiger partial charge < -0.3 is 21.5 Å². The zero-order valence-corrected chi connectivity index (χ0v) is 15.3. The number of anilines is 2. The van der Waals surface area contributed by atoms with Crippen molar-refractivity contribution in [1.82, 2.24) is 4.98 Å². The molecule has 2 heterocycles. The molecule has 3 rings (SSSR count). The van der Waals surface area contributed by atoms with Crippen LogP contribution in [0.3, 0.4) is 0 Å². The lowest BCUT2D eigenvalue weighted by atomic mass is 9.97. The van der Waals surface area contributed by atoms with Crippen molar-refractivity contribution in [3.63, 3.8) is 0 Å². The van der Waals surface area contributed by atoms with Crippen LogP contribution in [0, 0.1) is 5.41 Å². The first-order chi connectivity index (χ1) is 13.0. The Morgan fingerprint density at radius 2 is 2.15 bits per heavy atom. The number of hydrogen-bond acceptors (Lipinski definition) is 7. The molecule has 2 aromatic rings. The summed E-state index contributed by atoms with van der Waals surface area (Å²) in [5.41, 5.74) is 15.6. The normalized spacial score (nSPS) is 17.6. The van der Waals surface area contributed by atoms with Gasteiger partial charge in [-0.25, -0.2) is 4.98 Å². The molecule has 6 N–H and O–H groups in total. The van der Waals surface area contributed by atoms with E-state index in [4.69, 9.17) is 16.9 Å². The first-order valence-corrected chi connectivity index (χ1v) is 8.75. The van der Waals surface area contributed by atoms with Crippen molar-refractivity contribution in [2.75, 3.05) is 30.8 Å². The molecule has 7 nitrogen and oxygen atoms in total. The summed E-state index contributed by atoms with van der Waals surface area (Å²) in [6, 6.07) is 9.12. The molecule has 0 unspecified atom stereocenters. The van der Waals surface area contributed by atoms with Gasteiger partial charge in [0.25, 0.3) is 0 Å². The van der Waals surface area contributed by atoms with Gasteiger partial charge in [0.15, 0.2) is 0 Å². The van der Waals surface area contributed by atoms with Gasteiger partial charge in [-0.15, -0.1) is 0 Å². The number of benzene rings is 1. The Morgan fingerprint density at radius 3 is 2.81 bits per heavy atom. The first-order valence-electron chi connectivity index (χ1n) is 8.75. The minimum absolute atomic E-state index is 0.308. The molecule has 140 valence electrons. The van der Waals surface area contributed by atoms with E-state index in [9.17, 15) is 5.11 Å². The summed E-state index contributed by atoms with van der Waals surface area (Å²) in [5, 5.41) is 18.4. The molecular formula is C20H24N6O. The van der Waals surface area contributed by atoms with Crippen LogP contribution in [0.4, 0.5) is 11.5 Å². The van der Waals surface area contributed by atoms with E-state index in [1.807, 2.05) is 23.1 Å². The number of pyridine rings is 1. The van der Waals surface area contributed by atoms with Crippen LogP contribution in [0.15, 0.2) is 47.7 Å². The number of aliphatic hydroxyl groups excluding tert-OH is 1. The highest BCUT2D eigenvalue weighted by atomic mass is 16.3. The Balaban J connectivity index is 1.94. The highest BCUT2D eigenvalue weighted by molar-refractivity contribution is 6.16. The quantitative estimate of drug-likeness (QED) is 0.474. The van der Waals surface area contributed by atoms with Gasteiger partial charge in [-0.05, 0) is 36.2 Å². The maximum atomic E-state index is 9.75. The molecule has 1 fully saturated rings. The Kier molecular flexibility index (Phi) is 5.52. The van der Waals surface area contributed by atoms with Crippen LogP contribution in [-0.2, 0) is 0 Å². The topological polar surface area (TPSA) is 125 Å². The van der Waals surface area contributed by atoms with Gasteiger partial charge >= 0.3 is 0 Å². The number of aliphatic hydroxyl groups is 1. The summed E-state index contributed by atoms with van der Waals surface area (Å²) in [5.74, 6) is 0.754. The van der Waals surface area contributed by atoms with E-state index in [1.165, 1.54) is 6.20 Å². The number of nitrogens with zero attached hydrogens (tertiary/aromatic N) is 3. The highest BCUT2D eigenvalue weighted by Gasteiger charge is 2.22. The molecule has 0 radical (unpaired) electrons. The lowest BCUT2D eigenvalue weighted by Gasteiger charge is -2.18. The monoisotopic (exact) mass is 364 g/mol. The Morgan fingerprint density at radius 1 is 1.33 bits per heavy atom. The second-order valence-corrected chi connectivity index (χ2v) is 6.48. The third kappa shape index (κ3) is 3.98. The minimum Gasteiger partial charge on any atom is -0.404 e. The number of rotatable bonds is 5. The smallest absolute Gasteiger partial charge is 0.129 e. The summed E-state index contributed by atoms with van der Waals surface area (Å²) in [4.78, 5) is 10.4. The molecule has 0 bridgehead atoms. The Bertz CT molecular complexity index is 905. The number of nitrogen functional groups attached to an aromatic ring is 1. The van der Waals surface area contributed by atoms with Crippen LogP contribution in [0.2, 0.25) is 0 Å². The Labute approximate surface area is 158 Å². The number of allylic oxidation sites excluding steroid dienone is 1. The maximum absolute atomic E-state index is 9.75. The van der Waals surface area contributed by atoms with Crippen molar-refractivity contribution in [3.8, 4) is 0 Å². The van der Waals surface area contributed by atoms with Crippen LogP contribution >= 0.6 is 0 Å². The van der Waals surface area contributed by atoms with Crippen molar-refractivity contribution in [2.45, 2.75) is 12.5 Å². The SMILES string of the molecule is CN=CC(=CN)c1ccc(N)c(C(=N)c2ccnc(N3CC[C@@H](O)C3)c2)c1. The number of aromatic nitrogens is 1. The van der Waals surface area contributed by atoms with E-state index in [1.54, 1.807) is 31.6 Å². The second kappa shape index (κ2) is 8.01. The average Bonchev–Trinajstić information content (AvgIpc) is 3.12. The molecule has 0 saturated carbocycles. The lowest BCUT2D eigenvalue weighted by Crippen LogP contribution is -2.22. The van der Waals surface area contributed by atoms with E-state index in [0.29, 0.717) is 29.1 Å². The molecule has 1 aromatic heterocycles. The zero-order valence-electron chi connectivity index (χ0n) is 15.3. The van der Waals surface area contributed by atoms with Crippen LogP contribution in [-0.4, -0.2) is 48.3 Å². The number of β-amino-alcohol motifs (C(OH)–C–C–N with tert-alkyl or cyclic N) is 1. The summed E-state index contributed by atoms with van der Waals surface area (Å²) in [6.45, 7) is 1.31. The fourth-order valence-corrected chi connectivity index (χ4v) is 3.16. The fraction of sp³-hybridized carbons (Fsp3) is 0.250. The molecule has 0 aliphatic carbocycles. The molecular weight excluding hydrogens is 340 g/mol. The van der Waals surface area contributed by atoms with Crippen LogP contribution < -0.4 is 16.4 Å². The van der Waals surface area contributed by atoms with Gasteiger partial charge in [0.2, 0.25) is 0 Å². The predicted octanol–water partition coefficient (Wildman–Crippen LogP) is 1.65. The minimum atomic E-state index is -0.330. The maximum Gasteiger partial charge on any atom is 0.129 e. The summed E-state index contributed by atoms with van der Waals surface area (Å²) in [6.07, 6.45) is 5.23. The number of nitrogens with one attached hydrogen (secondary N) is 1. The molecule has 1 aliphatic rings. The summed E-state index contributed by atoms with van der Waals surface area (Å²) < 4.78 is 0. The van der Waals surface area contributed by atoms with Gasteiger partial charge in [0.05, 0.1) is 11.8 Å². The number of hydrogen-bond donors (Lipinski definition) is 4. The molecule has 7 heteroatoms. The largest absolute Gasteiger partial charge is 0.404 e. The van der Waals surface area contributed by atoms with E-state index in [0.717, 1.165) is 29.9 Å². The Hall–Kier alpha value is -3.19. The van der Waals surface area contributed by atoms with Crippen molar-refractivity contribution in [1.29, 1.82) is 5.41 Å². The summed E-state index contributed by atoms with van der Waals surface area (Å²) in [7, 11) is 1.68. The molecule has 1 atom stereocenters. The molecule has 1 aliphatic heterocycles. The molecule has 1 saturated heterocycles. The van der Waals surface area contributed by atoms with Crippen LogP contribution in [0.5, 0.6) is 0 Å². The van der Waals surface area contributed by atoms with Crippen LogP contribution in [0.1, 0.15) is 23.1 Å². The average molecular weight is 364 g/mol. The van der Waals surface area contributed by atoms with Gasteiger partial charge in [-0.2, -0.15) is 0 Å². The van der Waals surface area contributed by atoms with Crippen molar-refractivity contribution >= 4 is 29.0 Å². The fourth-order valence-electron chi connectivity index (χ4n) is 3.16. The molecule has 1 aromatic carbocycles. The van der Waals surface area contributed by atoms with Gasteiger partial charge in [0.1, 0.15) is 5.82 Å². The van der Waals surface area contributed by atoms with E-state index < -0.39 is 0 Å². The summed E-state index contributed by atoms with van der Waals surface area (Å²) >= 11 is 0. The number of aliphatic imine (C=N–C) groups is 1. The third-order valence-electron chi connectivity index (χ3n) is 4.63. The predicted molar refractivity (Wildman–Crippen MR) is 110 cm³/mol. The van der Waals surface area contributed by atoms with E-state index >= 15 is 0 Å². The van der Waals surface area contributed by atoms with Gasteiger partial charge in [-0.1, -0.05) is 6.07 Å². The second-order valence-electron chi connectivity index (χ2n) is 6.48.